The normalized spacial score (nSPS) is 19.3. The van der Waals surface area contributed by atoms with Crippen LogP contribution in [0.3, 0.4) is 0 Å². The SMILES string of the molecule is CCOC(=O)[C@@H](NC(=O)OCc1ccccc1)[C@@H](O)[C@@H]1OC(C)(C)O[C@H]1c1ccc(OCc2ccccc2)cc1. The van der Waals surface area contributed by atoms with E-state index in [1.54, 1.807) is 45.0 Å². The Kier molecular flexibility index (Phi) is 9.76. The summed E-state index contributed by atoms with van der Waals surface area (Å²) >= 11 is 0. The Morgan fingerprint density at radius 1 is 0.875 bits per heavy atom. The first kappa shape index (κ1) is 29.1. The summed E-state index contributed by atoms with van der Waals surface area (Å²) in [6.45, 7) is 5.54. The highest BCUT2D eigenvalue weighted by Crippen LogP contribution is 2.40. The highest BCUT2D eigenvalue weighted by molar-refractivity contribution is 5.82. The summed E-state index contributed by atoms with van der Waals surface area (Å²) in [4.78, 5) is 25.4. The second kappa shape index (κ2) is 13.4. The van der Waals surface area contributed by atoms with E-state index in [4.69, 9.17) is 23.7 Å². The van der Waals surface area contributed by atoms with Gasteiger partial charge in [0.25, 0.3) is 0 Å². The number of aliphatic hydroxyl groups is 1. The van der Waals surface area contributed by atoms with Crippen LogP contribution in [0.5, 0.6) is 5.75 Å². The molecule has 4 atom stereocenters. The van der Waals surface area contributed by atoms with Crippen molar-refractivity contribution in [1.29, 1.82) is 0 Å². The van der Waals surface area contributed by atoms with Crippen LogP contribution >= 0.6 is 0 Å². The van der Waals surface area contributed by atoms with Gasteiger partial charge in [-0.25, -0.2) is 9.59 Å². The van der Waals surface area contributed by atoms with Crippen molar-refractivity contribution in [2.75, 3.05) is 6.61 Å². The van der Waals surface area contributed by atoms with Gasteiger partial charge in [-0.3, -0.25) is 0 Å². The van der Waals surface area contributed by atoms with Crippen LogP contribution < -0.4 is 10.1 Å². The number of hydrogen-bond acceptors (Lipinski definition) is 8. The monoisotopic (exact) mass is 549 g/mol. The number of ether oxygens (including phenoxy) is 5. The highest BCUT2D eigenvalue weighted by atomic mass is 16.8. The molecule has 40 heavy (non-hydrogen) atoms. The van der Waals surface area contributed by atoms with Gasteiger partial charge in [0, 0.05) is 0 Å². The van der Waals surface area contributed by atoms with Crippen molar-refractivity contribution < 1.29 is 38.4 Å². The number of carbonyl (C=O) groups is 2. The molecule has 9 heteroatoms. The molecule has 0 saturated carbocycles. The van der Waals surface area contributed by atoms with E-state index in [2.05, 4.69) is 5.32 Å². The Balaban J connectivity index is 1.46. The van der Waals surface area contributed by atoms with Gasteiger partial charge in [-0.15, -0.1) is 0 Å². The van der Waals surface area contributed by atoms with E-state index in [0.717, 1.165) is 11.1 Å². The first-order valence-corrected chi connectivity index (χ1v) is 13.2. The van der Waals surface area contributed by atoms with Crippen LogP contribution in [-0.4, -0.2) is 47.8 Å². The summed E-state index contributed by atoms with van der Waals surface area (Å²) in [6.07, 6.45) is -4.14. The molecule has 4 rings (SSSR count). The minimum absolute atomic E-state index is 0.00426. The third kappa shape index (κ3) is 7.81. The molecular weight excluding hydrogens is 514 g/mol. The molecule has 0 bridgehead atoms. The average molecular weight is 550 g/mol. The van der Waals surface area contributed by atoms with Crippen LogP contribution in [0.25, 0.3) is 0 Å². The van der Waals surface area contributed by atoms with Gasteiger partial charge in [0.15, 0.2) is 11.8 Å². The molecule has 0 radical (unpaired) electrons. The number of esters is 1. The summed E-state index contributed by atoms with van der Waals surface area (Å²) in [6, 6.07) is 24.7. The molecule has 9 nitrogen and oxygen atoms in total. The fourth-order valence-electron chi connectivity index (χ4n) is 4.39. The van der Waals surface area contributed by atoms with E-state index in [-0.39, 0.29) is 13.2 Å². The van der Waals surface area contributed by atoms with Gasteiger partial charge >= 0.3 is 12.1 Å². The summed E-state index contributed by atoms with van der Waals surface area (Å²) in [5.41, 5.74) is 2.52. The Morgan fingerprint density at radius 2 is 1.48 bits per heavy atom. The van der Waals surface area contributed by atoms with E-state index in [1.165, 1.54) is 0 Å². The summed E-state index contributed by atoms with van der Waals surface area (Å²) in [5, 5.41) is 13.8. The molecule has 212 valence electrons. The molecule has 0 aromatic heterocycles. The second-order valence-electron chi connectivity index (χ2n) is 9.79. The topological polar surface area (TPSA) is 113 Å². The average Bonchev–Trinajstić information content (AvgIpc) is 3.30. The molecule has 0 aliphatic carbocycles. The predicted molar refractivity (Wildman–Crippen MR) is 146 cm³/mol. The molecule has 1 aliphatic rings. The molecule has 2 N–H and O–H groups in total. The lowest BCUT2D eigenvalue weighted by Gasteiger charge is -2.28. The minimum atomic E-state index is -1.51. The molecule has 3 aromatic rings. The lowest BCUT2D eigenvalue weighted by Crippen LogP contribution is -2.54. The van der Waals surface area contributed by atoms with E-state index < -0.39 is 42.2 Å². The van der Waals surface area contributed by atoms with Gasteiger partial charge in [0.2, 0.25) is 0 Å². The van der Waals surface area contributed by atoms with Crippen molar-refractivity contribution in [3.05, 3.63) is 102 Å². The maximum atomic E-state index is 12.8. The Labute approximate surface area is 234 Å². The van der Waals surface area contributed by atoms with Gasteiger partial charge in [-0.2, -0.15) is 0 Å². The van der Waals surface area contributed by atoms with Crippen LogP contribution in [0.1, 0.15) is 43.6 Å². The van der Waals surface area contributed by atoms with Crippen molar-refractivity contribution in [2.45, 2.75) is 64.1 Å². The van der Waals surface area contributed by atoms with Crippen LogP contribution in [-0.2, 0) is 37.0 Å². The predicted octanol–water partition coefficient (Wildman–Crippen LogP) is 4.68. The van der Waals surface area contributed by atoms with Crippen molar-refractivity contribution in [2.24, 2.45) is 0 Å². The fourth-order valence-corrected chi connectivity index (χ4v) is 4.39. The smallest absolute Gasteiger partial charge is 0.408 e. The first-order valence-electron chi connectivity index (χ1n) is 13.2. The number of benzene rings is 3. The van der Waals surface area contributed by atoms with Gasteiger partial charge < -0.3 is 34.1 Å². The zero-order valence-corrected chi connectivity index (χ0v) is 22.8. The Hall–Kier alpha value is -3.92. The largest absolute Gasteiger partial charge is 0.489 e. The molecule has 1 fully saturated rings. The van der Waals surface area contributed by atoms with Gasteiger partial charge in [0.1, 0.15) is 37.3 Å². The molecular formula is C31H35NO8. The van der Waals surface area contributed by atoms with E-state index in [9.17, 15) is 14.7 Å². The zero-order valence-electron chi connectivity index (χ0n) is 22.8. The van der Waals surface area contributed by atoms with Crippen LogP contribution in [0, 0.1) is 0 Å². The minimum Gasteiger partial charge on any atom is -0.489 e. The van der Waals surface area contributed by atoms with E-state index >= 15 is 0 Å². The lowest BCUT2D eigenvalue weighted by molar-refractivity contribution is -0.165. The Morgan fingerprint density at radius 3 is 2.08 bits per heavy atom. The summed E-state index contributed by atoms with van der Waals surface area (Å²) < 4.78 is 28.4. The number of amides is 1. The summed E-state index contributed by atoms with van der Waals surface area (Å²) in [7, 11) is 0. The first-order chi connectivity index (χ1) is 19.3. The van der Waals surface area contributed by atoms with E-state index in [0.29, 0.717) is 17.9 Å². The standard InChI is InChI=1S/C31H35NO8/c1-4-36-29(34)25(32-30(35)38-20-22-13-9-6-10-14-22)26(33)28-27(39-31(2,3)40-28)23-15-17-24(18-16-23)37-19-21-11-7-5-8-12-21/h5-18,25-28,33H,4,19-20H2,1-3H3,(H,32,35)/t25-,26+,27-,28-/m0/s1. The summed E-state index contributed by atoms with van der Waals surface area (Å²) in [5.74, 6) is -1.22. The van der Waals surface area contributed by atoms with Crippen molar-refractivity contribution in [1.82, 2.24) is 5.32 Å². The maximum absolute atomic E-state index is 12.8. The number of rotatable bonds is 11. The number of alkyl carbamates (subject to hydrolysis) is 1. The number of carbonyl (C=O) groups excluding carboxylic acids is 2. The number of aliphatic hydroxyl groups excluding tert-OH is 1. The lowest BCUT2D eigenvalue weighted by atomic mass is 9.96. The van der Waals surface area contributed by atoms with Crippen LogP contribution in [0.15, 0.2) is 84.9 Å². The van der Waals surface area contributed by atoms with Crippen molar-refractivity contribution in [3.8, 4) is 5.75 Å². The van der Waals surface area contributed by atoms with Gasteiger partial charge in [-0.1, -0.05) is 72.8 Å². The molecule has 1 saturated heterocycles. The molecule has 0 spiro atoms. The van der Waals surface area contributed by atoms with Crippen molar-refractivity contribution in [3.63, 3.8) is 0 Å². The molecule has 1 amide bonds. The quantitative estimate of drug-likeness (QED) is 0.332. The number of hydrogen-bond donors (Lipinski definition) is 2. The van der Waals surface area contributed by atoms with Crippen LogP contribution in [0.2, 0.25) is 0 Å². The number of nitrogens with one attached hydrogen (secondary N) is 1. The highest BCUT2D eigenvalue weighted by Gasteiger charge is 2.49. The molecule has 1 heterocycles. The Bertz CT molecular complexity index is 1230. The van der Waals surface area contributed by atoms with Gasteiger partial charge in [-0.05, 0) is 49.6 Å². The third-order valence-electron chi connectivity index (χ3n) is 6.29. The maximum Gasteiger partial charge on any atom is 0.408 e. The molecule has 1 aliphatic heterocycles. The molecule has 0 unspecified atom stereocenters. The van der Waals surface area contributed by atoms with Crippen LogP contribution in [0.4, 0.5) is 4.79 Å². The molecule has 3 aromatic carbocycles. The van der Waals surface area contributed by atoms with Gasteiger partial charge in [0.05, 0.1) is 6.61 Å². The van der Waals surface area contributed by atoms with E-state index in [1.807, 2.05) is 60.7 Å². The second-order valence-corrected chi connectivity index (χ2v) is 9.79. The fraction of sp³-hybridized carbons (Fsp3) is 0.355. The zero-order chi connectivity index (χ0) is 28.5. The third-order valence-corrected chi connectivity index (χ3v) is 6.29. The van der Waals surface area contributed by atoms with Crippen molar-refractivity contribution >= 4 is 12.1 Å².